The van der Waals surface area contributed by atoms with E-state index >= 15 is 0 Å². The Morgan fingerprint density at radius 2 is 1.92 bits per heavy atom. The van der Waals surface area contributed by atoms with Gasteiger partial charge in [-0.15, -0.1) is 0 Å². The van der Waals surface area contributed by atoms with Gasteiger partial charge in [0.2, 0.25) is 0 Å². The Kier molecular flexibility index (Phi) is 5.68. The van der Waals surface area contributed by atoms with E-state index in [1.165, 1.54) is 12.1 Å². The molecule has 7 heteroatoms. The summed E-state index contributed by atoms with van der Waals surface area (Å²) in [6.07, 6.45) is 2.18. The van der Waals surface area contributed by atoms with E-state index in [2.05, 4.69) is 5.32 Å². The minimum absolute atomic E-state index is 0.116. The van der Waals surface area contributed by atoms with Crippen LogP contribution in [0.25, 0.3) is 0 Å². The lowest BCUT2D eigenvalue weighted by atomic mass is 10.1. The molecule has 136 valence electrons. The molecule has 0 radical (unpaired) electrons. The smallest absolute Gasteiger partial charge is 0.338 e. The van der Waals surface area contributed by atoms with E-state index in [1.807, 2.05) is 24.3 Å². The van der Waals surface area contributed by atoms with Crippen LogP contribution in [-0.2, 0) is 26.8 Å². The molecule has 0 bridgehead atoms. The van der Waals surface area contributed by atoms with E-state index in [9.17, 15) is 13.8 Å². The number of ether oxygens (including phenoxy) is 2. The number of carbonyl (C=O) groups is 2. The van der Waals surface area contributed by atoms with Crippen LogP contribution in [0.2, 0.25) is 0 Å². The summed E-state index contributed by atoms with van der Waals surface area (Å²) in [5.74, 6) is -0.142. The topological polar surface area (TPSA) is 81.7 Å². The number of rotatable bonds is 6. The first-order valence-corrected chi connectivity index (χ1v) is 9.70. The normalized spacial score (nSPS) is 16.3. The van der Waals surface area contributed by atoms with Gasteiger partial charge in [-0.25, -0.2) is 4.79 Å². The van der Waals surface area contributed by atoms with Gasteiger partial charge in [-0.3, -0.25) is 9.00 Å². The Morgan fingerprint density at radius 1 is 1.19 bits per heavy atom. The van der Waals surface area contributed by atoms with Gasteiger partial charge >= 0.3 is 5.97 Å². The molecule has 0 aliphatic carbocycles. The highest BCUT2D eigenvalue weighted by molar-refractivity contribution is 7.84. The second-order valence-corrected chi connectivity index (χ2v) is 7.29. The third-order valence-corrected chi connectivity index (χ3v) is 4.93. The Balaban J connectivity index is 1.41. The van der Waals surface area contributed by atoms with Crippen LogP contribution in [0.1, 0.15) is 15.9 Å². The lowest BCUT2D eigenvalue weighted by Gasteiger charge is -2.12. The zero-order valence-electron chi connectivity index (χ0n) is 14.3. The molecule has 2 aromatic carbocycles. The summed E-state index contributed by atoms with van der Waals surface area (Å²) in [6, 6.07) is 14.0. The molecule has 0 saturated heterocycles. The molecule has 1 amide bonds. The molecule has 0 saturated carbocycles. The number of carbonyl (C=O) groups excluding carboxylic acids is 2. The average molecular weight is 373 g/mol. The highest BCUT2D eigenvalue weighted by Gasteiger charge is 2.22. The number of nitrogens with one attached hydrogen (secondary N) is 1. The van der Waals surface area contributed by atoms with Crippen LogP contribution >= 0.6 is 0 Å². The standard InChI is InChI=1S/C19H19NO5S/c1-26(23)16-8-6-13(7-9-16)19(22)24-12-18(21)20-11-15-10-14-4-2-3-5-17(14)25-15/h2-9,15H,10-12H2,1H3,(H,20,21)/t15-,26+/m1/s1. The van der Waals surface area contributed by atoms with Crippen molar-refractivity contribution in [3.05, 3.63) is 59.7 Å². The quantitative estimate of drug-likeness (QED) is 0.780. The average Bonchev–Trinajstić information content (AvgIpc) is 3.07. The van der Waals surface area contributed by atoms with Crippen molar-refractivity contribution in [3.8, 4) is 5.75 Å². The molecular formula is C19H19NO5S. The summed E-state index contributed by atoms with van der Waals surface area (Å²) < 4.78 is 22.1. The number of esters is 1. The third-order valence-electron chi connectivity index (χ3n) is 4.00. The summed E-state index contributed by atoms with van der Waals surface area (Å²) in [7, 11) is -1.11. The molecule has 0 aromatic heterocycles. The van der Waals surface area contributed by atoms with E-state index in [-0.39, 0.29) is 18.6 Å². The van der Waals surface area contributed by atoms with E-state index in [1.54, 1.807) is 18.4 Å². The summed E-state index contributed by atoms with van der Waals surface area (Å²) in [5.41, 5.74) is 1.43. The molecule has 0 spiro atoms. The third kappa shape index (κ3) is 4.49. The van der Waals surface area contributed by atoms with Gasteiger partial charge in [0, 0.05) is 28.4 Å². The van der Waals surface area contributed by atoms with E-state index in [4.69, 9.17) is 9.47 Å². The van der Waals surface area contributed by atoms with Crippen molar-refractivity contribution in [2.24, 2.45) is 0 Å². The molecule has 26 heavy (non-hydrogen) atoms. The first kappa shape index (κ1) is 18.1. The number of hydrogen-bond donors (Lipinski definition) is 1. The van der Waals surface area contributed by atoms with Crippen molar-refractivity contribution >= 4 is 22.7 Å². The van der Waals surface area contributed by atoms with E-state index < -0.39 is 16.8 Å². The molecule has 1 aliphatic rings. The number of para-hydroxylation sites is 1. The fourth-order valence-electron chi connectivity index (χ4n) is 2.64. The molecule has 6 nitrogen and oxygen atoms in total. The van der Waals surface area contributed by atoms with Crippen LogP contribution in [0.4, 0.5) is 0 Å². The summed E-state index contributed by atoms with van der Waals surface area (Å²) >= 11 is 0. The predicted octanol–water partition coefficient (Wildman–Crippen LogP) is 1.70. The van der Waals surface area contributed by atoms with Crippen LogP contribution in [0.3, 0.4) is 0 Å². The Hall–Kier alpha value is -2.67. The van der Waals surface area contributed by atoms with Gasteiger partial charge in [0.1, 0.15) is 11.9 Å². The Labute approximate surface area is 154 Å². The molecular weight excluding hydrogens is 354 g/mol. The molecule has 2 aromatic rings. The fraction of sp³-hybridized carbons (Fsp3) is 0.263. The van der Waals surface area contributed by atoms with Crippen molar-refractivity contribution in [1.82, 2.24) is 5.32 Å². The lowest BCUT2D eigenvalue weighted by molar-refractivity contribution is -0.124. The largest absolute Gasteiger partial charge is 0.488 e. The molecule has 1 heterocycles. The van der Waals surface area contributed by atoms with Crippen molar-refractivity contribution in [2.45, 2.75) is 17.4 Å². The SMILES string of the molecule is C[S@](=O)c1ccc(C(=O)OCC(=O)NC[C@H]2Cc3ccccc3O2)cc1. The van der Waals surface area contributed by atoms with E-state index in [0.717, 1.165) is 17.7 Å². The minimum Gasteiger partial charge on any atom is -0.488 e. The molecule has 0 unspecified atom stereocenters. The van der Waals surface area contributed by atoms with Gasteiger partial charge in [0.15, 0.2) is 6.61 Å². The van der Waals surface area contributed by atoms with Gasteiger partial charge in [-0.05, 0) is 35.9 Å². The van der Waals surface area contributed by atoms with E-state index in [0.29, 0.717) is 17.0 Å². The molecule has 3 rings (SSSR count). The second kappa shape index (κ2) is 8.14. The Bertz CT molecular complexity index is 809. The van der Waals surface area contributed by atoms with Crippen molar-refractivity contribution < 1.29 is 23.3 Å². The number of amides is 1. The van der Waals surface area contributed by atoms with Gasteiger partial charge in [-0.1, -0.05) is 18.2 Å². The first-order chi connectivity index (χ1) is 12.5. The molecule has 2 atom stereocenters. The van der Waals surface area contributed by atoms with Crippen LogP contribution < -0.4 is 10.1 Å². The maximum absolute atomic E-state index is 11.9. The fourth-order valence-corrected chi connectivity index (χ4v) is 3.16. The highest BCUT2D eigenvalue weighted by Crippen LogP contribution is 2.27. The van der Waals surface area contributed by atoms with Crippen LogP contribution in [0.5, 0.6) is 5.75 Å². The minimum atomic E-state index is -1.11. The van der Waals surface area contributed by atoms with Crippen LogP contribution in [0, 0.1) is 0 Å². The number of hydrogen-bond acceptors (Lipinski definition) is 5. The molecule has 1 N–H and O–H groups in total. The van der Waals surface area contributed by atoms with Crippen molar-refractivity contribution in [2.75, 3.05) is 19.4 Å². The van der Waals surface area contributed by atoms with Gasteiger partial charge in [0.25, 0.3) is 5.91 Å². The summed E-state index contributed by atoms with van der Waals surface area (Å²) in [6.45, 7) is -0.0119. The maximum Gasteiger partial charge on any atom is 0.338 e. The summed E-state index contributed by atoms with van der Waals surface area (Å²) in [4.78, 5) is 24.4. The Morgan fingerprint density at radius 3 is 2.62 bits per heavy atom. The van der Waals surface area contributed by atoms with Crippen LogP contribution in [-0.4, -0.2) is 41.6 Å². The monoisotopic (exact) mass is 373 g/mol. The molecule has 1 aliphatic heterocycles. The number of benzene rings is 2. The second-order valence-electron chi connectivity index (χ2n) is 5.91. The highest BCUT2D eigenvalue weighted by atomic mass is 32.2. The zero-order valence-corrected chi connectivity index (χ0v) is 15.1. The summed E-state index contributed by atoms with van der Waals surface area (Å²) in [5, 5.41) is 2.71. The van der Waals surface area contributed by atoms with Gasteiger partial charge < -0.3 is 14.8 Å². The predicted molar refractivity (Wildman–Crippen MR) is 96.6 cm³/mol. The van der Waals surface area contributed by atoms with Crippen LogP contribution in [0.15, 0.2) is 53.4 Å². The van der Waals surface area contributed by atoms with Gasteiger partial charge in [0.05, 0.1) is 12.1 Å². The molecule has 0 fully saturated rings. The maximum atomic E-state index is 11.9. The number of fused-ring (bicyclic) bond motifs is 1. The zero-order chi connectivity index (χ0) is 18.5. The van der Waals surface area contributed by atoms with Crippen molar-refractivity contribution in [1.29, 1.82) is 0 Å². The van der Waals surface area contributed by atoms with Crippen molar-refractivity contribution in [3.63, 3.8) is 0 Å². The lowest BCUT2D eigenvalue weighted by Crippen LogP contribution is -2.36. The first-order valence-electron chi connectivity index (χ1n) is 8.15. The van der Waals surface area contributed by atoms with Gasteiger partial charge in [-0.2, -0.15) is 0 Å².